The van der Waals surface area contributed by atoms with Gasteiger partial charge in [0.25, 0.3) is 0 Å². The number of nitrogen functional groups attached to an aromatic ring is 1. The zero-order valence-corrected chi connectivity index (χ0v) is 13.6. The second-order valence-electron chi connectivity index (χ2n) is 4.74. The summed E-state index contributed by atoms with van der Waals surface area (Å²) in [6.07, 6.45) is 4.45. The Morgan fingerprint density at radius 3 is 2.91 bits per heavy atom. The van der Waals surface area contributed by atoms with E-state index in [1.54, 1.807) is 6.07 Å². The summed E-state index contributed by atoms with van der Waals surface area (Å²) in [6.45, 7) is 1.89. The molecule has 0 aromatic carbocycles. The van der Waals surface area contributed by atoms with Crippen LogP contribution in [0.4, 0.5) is 10.2 Å². The lowest BCUT2D eigenvalue weighted by molar-refractivity contribution is 0.557. The Hall–Kier alpha value is -1.80. The molecule has 0 spiro atoms. The second-order valence-corrected chi connectivity index (χ2v) is 5.98. The number of thiol groups is 1. The highest BCUT2D eigenvalue weighted by molar-refractivity contribution is 7.99. The minimum absolute atomic E-state index is 0.235. The van der Waals surface area contributed by atoms with Crippen molar-refractivity contribution >= 4 is 41.2 Å². The Morgan fingerprint density at radius 1 is 1.41 bits per heavy atom. The Kier molecular flexibility index (Phi) is 3.96. The van der Waals surface area contributed by atoms with E-state index in [9.17, 15) is 4.39 Å². The van der Waals surface area contributed by atoms with Crippen LogP contribution in [0.3, 0.4) is 0 Å². The number of hydrogen-bond acceptors (Lipinski definition) is 7. The van der Waals surface area contributed by atoms with Crippen molar-refractivity contribution in [2.75, 3.05) is 12.0 Å². The molecule has 0 bridgehead atoms. The van der Waals surface area contributed by atoms with Crippen molar-refractivity contribution in [3.63, 3.8) is 0 Å². The van der Waals surface area contributed by atoms with Gasteiger partial charge in [-0.1, -0.05) is 0 Å². The van der Waals surface area contributed by atoms with Gasteiger partial charge in [0.05, 0.1) is 28.1 Å². The number of nitrogens with zero attached hydrogens (tertiary/aromatic N) is 3. The molecular formula is C14H13FN4OS2. The maximum atomic E-state index is 13.6. The third kappa shape index (κ3) is 2.52. The van der Waals surface area contributed by atoms with Gasteiger partial charge in [-0.25, -0.2) is 14.4 Å². The SMILES string of the molecule is CSc1nc(C(C)c2cc3c(F)coc3cn2)nc(N)c1S. The monoisotopic (exact) mass is 336 g/mol. The molecule has 0 aliphatic heterocycles. The van der Waals surface area contributed by atoms with Crippen molar-refractivity contribution in [1.82, 2.24) is 15.0 Å². The van der Waals surface area contributed by atoms with E-state index >= 15 is 0 Å². The van der Waals surface area contributed by atoms with E-state index in [-0.39, 0.29) is 5.92 Å². The molecule has 0 saturated heterocycles. The smallest absolute Gasteiger partial charge is 0.169 e. The van der Waals surface area contributed by atoms with Crippen LogP contribution in [-0.2, 0) is 0 Å². The Balaban J connectivity index is 2.06. The second kappa shape index (κ2) is 5.77. The van der Waals surface area contributed by atoms with Gasteiger partial charge >= 0.3 is 0 Å². The van der Waals surface area contributed by atoms with Crippen molar-refractivity contribution in [3.8, 4) is 0 Å². The first-order chi connectivity index (χ1) is 10.5. The standard InChI is InChI=1S/C14H13FN4OS2/c1-6(13-18-12(16)11(21)14(19-13)22-2)9-3-7-8(15)5-20-10(7)4-17-9/h3-6,21H,1-2H3,(H2,16,18,19). The molecule has 8 heteroatoms. The lowest BCUT2D eigenvalue weighted by Gasteiger charge is -2.13. The number of rotatable bonds is 3. The van der Waals surface area contributed by atoms with Gasteiger partial charge in [0.2, 0.25) is 0 Å². The fourth-order valence-electron chi connectivity index (χ4n) is 2.09. The quantitative estimate of drug-likeness (QED) is 0.433. The number of hydrogen-bond donors (Lipinski definition) is 2. The van der Waals surface area contributed by atoms with E-state index < -0.39 is 5.82 Å². The predicted octanol–water partition coefficient (Wildman–Crippen LogP) is 3.50. The maximum Gasteiger partial charge on any atom is 0.169 e. The van der Waals surface area contributed by atoms with Crippen LogP contribution in [0.1, 0.15) is 24.4 Å². The highest BCUT2D eigenvalue weighted by atomic mass is 32.2. The topological polar surface area (TPSA) is 77.8 Å². The number of fused-ring (bicyclic) bond motifs is 1. The molecule has 22 heavy (non-hydrogen) atoms. The summed E-state index contributed by atoms with van der Waals surface area (Å²) in [4.78, 5) is 13.6. The molecule has 1 atom stereocenters. The number of furan rings is 1. The summed E-state index contributed by atoms with van der Waals surface area (Å²) in [7, 11) is 0. The van der Waals surface area contributed by atoms with Crippen LogP contribution >= 0.6 is 24.4 Å². The lowest BCUT2D eigenvalue weighted by Crippen LogP contribution is -2.08. The Labute approximate surface area is 136 Å². The van der Waals surface area contributed by atoms with Crippen molar-refractivity contribution in [2.45, 2.75) is 22.8 Å². The summed E-state index contributed by atoms with van der Waals surface area (Å²) in [5.74, 6) is 0.193. The minimum atomic E-state index is -0.415. The Morgan fingerprint density at radius 2 is 2.18 bits per heavy atom. The molecule has 0 aliphatic rings. The highest BCUT2D eigenvalue weighted by Crippen LogP contribution is 2.30. The molecule has 0 radical (unpaired) electrons. The van der Waals surface area contributed by atoms with Gasteiger partial charge in [-0.05, 0) is 19.2 Å². The predicted molar refractivity (Wildman–Crippen MR) is 87.0 cm³/mol. The van der Waals surface area contributed by atoms with Gasteiger partial charge in [0.15, 0.2) is 11.4 Å². The van der Waals surface area contributed by atoms with Crippen molar-refractivity contribution in [2.24, 2.45) is 0 Å². The molecule has 3 rings (SSSR count). The molecule has 5 nitrogen and oxygen atoms in total. The fourth-order valence-corrected chi connectivity index (χ4v) is 2.95. The average Bonchev–Trinajstić information content (AvgIpc) is 2.90. The van der Waals surface area contributed by atoms with Gasteiger partial charge in [0, 0.05) is 0 Å². The van der Waals surface area contributed by atoms with E-state index in [1.807, 2.05) is 13.2 Å². The van der Waals surface area contributed by atoms with Crippen LogP contribution in [0.25, 0.3) is 11.0 Å². The molecule has 0 amide bonds. The van der Waals surface area contributed by atoms with Gasteiger partial charge in [-0.15, -0.1) is 24.4 Å². The molecular weight excluding hydrogens is 323 g/mol. The van der Waals surface area contributed by atoms with Crippen LogP contribution in [0.5, 0.6) is 0 Å². The molecule has 3 aromatic rings. The van der Waals surface area contributed by atoms with Gasteiger partial charge in [0.1, 0.15) is 22.9 Å². The molecule has 3 aromatic heterocycles. The maximum absolute atomic E-state index is 13.6. The lowest BCUT2D eigenvalue weighted by atomic mass is 10.1. The molecule has 3 heterocycles. The van der Waals surface area contributed by atoms with Crippen molar-refractivity contribution in [3.05, 3.63) is 35.9 Å². The van der Waals surface area contributed by atoms with Gasteiger partial charge in [-0.2, -0.15) is 0 Å². The average molecular weight is 336 g/mol. The first-order valence-corrected chi connectivity index (χ1v) is 8.11. The largest absolute Gasteiger partial charge is 0.460 e. The van der Waals surface area contributed by atoms with E-state index in [4.69, 9.17) is 10.2 Å². The molecule has 114 valence electrons. The molecule has 0 saturated carbocycles. The van der Waals surface area contributed by atoms with E-state index in [0.29, 0.717) is 38.2 Å². The molecule has 2 N–H and O–H groups in total. The summed E-state index contributed by atoms with van der Waals surface area (Å²) >= 11 is 5.74. The molecule has 0 fully saturated rings. The summed E-state index contributed by atoms with van der Waals surface area (Å²) in [6, 6.07) is 1.64. The summed E-state index contributed by atoms with van der Waals surface area (Å²) < 4.78 is 18.7. The highest BCUT2D eigenvalue weighted by Gasteiger charge is 2.18. The van der Waals surface area contributed by atoms with Gasteiger partial charge < -0.3 is 10.2 Å². The third-order valence-corrected chi connectivity index (χ3v) is 4.63. The molecule has 0 aliphatic carbocycles. The number of pyridine rings is 1. The molecule has 1 unspecified atom stereocenters. The van der Waals surface area contributed by atoms with Gasteiger partial charge in [-0.3, -0.25) is 4.98 Å². The zero-order chi connectivity index (χ0) is 15.9. The Bertz CT molecular complexity index is 852. The van der Waals surface area contributed by atoms with E-state index in [1.165, 1.54) is 18.0 Å². The van der Waals surface area contributed by atoms with Crippen molar-refractivity contribution < 1.29 is 8.81 Å². The van der Waals surface area contributed by atoms with Crippen LogP contribution in [-0.4, -0.2) is 21.2 Å². The van der Waals surface area contributed by atoms with E-state index in [0.717, 1.165) is 6.26 Å². The number of halogens is 1. The number of anilines is 1. The van der Waals surface area contributed by atoms with Crippen molar-refractivity contribution in [1.29, 1.82) is 0 Å². The number of nitrogens with two attached hydrogens (primary N) is 1. The first-order valence-electron chi connectivity index (χ1n) is 6.44. The van der Waals surface area contributed by atoms with Crippen LogP contribution in [0.2, 0.25) is 0 Å². The van der Waals surface area contributed by atoms with E-state index in [2.05, 4.69) is 27.6 Å². The number of thioether (sulfide) groups is 1. The van der Waals surface area contributed by atoms with Crippen LogP contribution in [0, 0.1) is 5.82 Å². The summed E-state index contributed by atoms with van der Waals surface area (Å²) in [5.41, 5.74) is 6.93. The first kappa shape index (κ1) is 15.1. The zero-order valence-electron chi connectivity index (χ0n) is 11.9. The minimum Gasteiger partial charge on any atom is -0.460 e. The normalized spacial score (nSPS) is 12.7. The number of aromatic nitrogens is 3. The van der Waals surface area contributed by atoms with Crippen LogP contribution in [0.15, 0.2) is 32.9 Å². The summed E-state index contributed by atoms with van der Waals surface area (Å²) in [5, 5.41) is 1.09. The van der Waals surface area contributed by atoms with Crippen LogP contribution < -0.4 is 5.73 Å². The third-order valence-electron chi connectivity index (χ3n) is 3.36. The fraction of sp³-hybridized carbons (Fsp3) is 0.214.